The molecule has 2 bridgehead atoms. The predicted octanol–water partition coefficient (Wildman–Crippen LogP) is 4.26. The molecule has 0 spiro atoms. The number of aliphatic carboxylic acids is 1. The SMILES string of the molecule is Cc1ccc(NC(=O)c2c(NC(=O)[C@@H]3[C@H](C(=O)O)[C@H]4C=C[C@H]3C4)sc3c2CCC3)cc1. The fourth-order valence-corrected chi connectivity index (χ4v) is 6.56. The fraction of sp³-hybridized carbons (Fsp3) is 0.375. The number of carbonyl (C=O) groups excluding carboxylic acids is 2. The van der Waals surface area contributed by atoms with Crippen molar-refractivity contribution >= 4 is 39.8 Å². The lowest BCUT2D eigenvalue weighted by Gasteiger charge is -2.23. The number of anilines is 2. The maximum absolute atomic E-state index is 13.2. The predicted molar refractivity (Wildman–Crippen MR) is 119 cm³/mol. The first kappa shape index (κ1) is 20.0. The van der Waals surface area contributed by atoms with Crippen LogP contribution in [0.2, 0.25) is 0 Å². The largest absolute Gasteiger partial charge is 0.481 e. The zero-order valence-electron chi connectivity index (χ0n) is 17.2. The summed E-state index contributed by atoms with van der Waals surface area (Å²) in [6.45, 7) is 1.99. The highest BCUT2D eigenvalue weighted by Crippen LogP contribution is 2.49. The Morgan fingerprint density at radius 1 is 1.00 bits per heavy atom. The van der Waals surface area contributed by atoms with Crippen LogP contribution in [0.3, 0.4) is 0 Å². The second-order valence-electron chi connectivity index (χ2n) is 8.71. The van der Waals surface area contributed by atoms with E-state index in [1.807, 2.05) is 43.3 Å². The van der Waals surface area contributed by atoms with Crippen LogP contribution in [0.25, 0.3) is 0 Å². The van der Waals surface area contributed by atoms with Gasteiger partial charge in [0, 0.05) is 10.6 Å². The van der Waals surface area contributed by atoms with Crippen LogP contribution in [0.5, 0.6) is 0 Å². The van der Waals surface area contributed by atoms with Crippen LogP contribution in [0.1, 0.15) is 39.2 Å². The Bertz CT molecular complexity index is 1100. The summed E-state index contributed by atoms with van der Waals surface area (Å²) in [7, 11) is 0. The van der Waals surface area contributed by atoms with E-state index in [1.54, 1.807) is 0 Å². The summed E-state index contributed by atoms with van der Waals surface area (Å²) >= 11 is 1.45. The van der Waals surface area contributed by atoms with E-state index in [0.717, 1.165) is 35.3 Å². The van der Waals surface area contributed by atoms with Crippen molar-refractivity contribution in [2.75, 3.05) is 10.6 Å². The molecule has 0 saturated heterocycles. The number of fused-ring (bicyclic) bond motifs is 3. The Balaban J connectivity index is 1.42. The third kappa shape index (κ3) is 3.47. The number of carboxylic acid groups (broad SMARTS) is 1. The first-order valence-electron chi connectivity index (χ1n) is 10.7. The van der Waals surface area contributed by atoms with Crippen molar-refractivity contribution in [1.82, 2.24) is 0 Å². The van der Waals surface area contributed by atoms with Gasteiger partial charge in [0.2, 0.25) is 5.91 Å². The van der Waals surface area contributed by atoms with Gasteiger partial charge in [-0.15, -0.1) is 11.3 Å². The standard InChI is InChI=1S/C24H24N2O4S/c1-12-5-9-15(10-6-12)25-22(28)20-16-3-2-4-17(16)31-23(20)26-21(27)18-13-7-8-14(11-13)19(18)24(29)30/h5-10,13-14,18-19H,2-4,11H2,1H3,(H,25,28)(H,26,27)(H,29,30)/t13-,14-,18-,19+/m0/s1. The molecule has 1 aromatic carbocycles. The van der Waals surface area contributed by atoms with E-state index >= 15 is 0 Å². The Labute approximate surface area is 184 Å². The summed E-state index contributed by atoms with van der Waals surface area (Å²) in [6.07, 6.45) is 7.30. The third-order valence-corrected chi connectivity index (χ3v) is 7.95. The summed E-state index contributed by atoms with van der Waals surface area (Å²) < 4.78 is 0. The van der Waals surface area contributed by atoms with Gasteiger partial charge < -0.3 is 15.7 Å². The molecule has 1 heterocycles. The van der Waals surface area contributed by atoms with E-state index in [4.69, 9.17) is 0 Å². The second kappa shape index (κ2) is 7.64. The zero-order chi connectivity index (χ0) is 21.7. The molecule has 2 aromatic rings. The normalized spacial score (nSPS) is 25.5. The molecular formula is C24H24N2O4S. The molecule has 0 aliphatic heterocycles. The molecule has 5 rings (SSSR count). The number of thiophene rings is 1. The highest BCUT2D eigenvalue weighted by molar-refractivity contribution is 7.17. The summed E-state index contributed by atoms with van der Waals surface area (Å²) in [5, 5.41) is 16.1. The zero-order valence-corrected chi connectivity index (χ0v) is 18.0. The summed E-state index contributed by atoms with van der Waals surface area (Å²) in [4.78, 5) is 39.3. The van der Waals surface area contributed by atoms with E-state index in [1.165, 1.54) is 11.3 Å². The first-order chi connectivity index (χ1) is 14.9. The van der Waals surface area contributed by atoms with Gasteiger partial charge in [-0.2, -0.15) is 0 Å². The Morgan fingerprint density at radius 3 is 2.42 bits per heavy atom. The van der Waals surface area contributed by atoms with Crippen molar-refractivity contribution in [3.8, 4) is 0 Å². The van der Waals surface area contributed by atoms with Crippen molar-refractivity contribution in [2.24, 2.45) is 23.7 Å². The van der Waals surface area contributed by atoms with E-state index in [2.05, 4.69) is 10.6 Å². The van der Waals surface area contributed by atoms with Crippen LogP contribution in [0, 0.1) is 30.6 Å². The number of amides is 2. The van der Waals surface area contributed by atoms with Crippen molar-refractivity contribution in [2.45, 2.75) is 32.6 Å². The molecule has 7 heteroatoms. The number of aryl methyl sites for hydroxylation is 2. The van der Waals surface area contributed by atoms with Gasteiger partial charge in [-0.25, -0.2) is 0 Å². The van der Waals surface area contributed by atoms with Crippen molar-refractivity contribution in [1.29, 1.82) is 0 Å². The van der Waals surface area contributed by atoms with Gasteiger partial charge in [0.15, 0.2) is 0 Å². The lowest BCUT2D eigenvalue weighted by atomic mass is 9.82. The van der Waals surface area contributed by atoms with Gasteiger partial charge in [-0.3, -0.25) is 14.4 Å². The summed E-state index contributed by atoms with van der Waals surface area (Å²) in [5.74, 6) is -2.90. The lowest BCUT2D eigenvalue weighted by molar-refractivity contribution is -0.146. The van der Waals surface area contributed by atoms with Crippen LogP contribution in [0.15, 0.2) is 36.4 Å². The van der Waals surface area contributed by atoms with Gasteiger partial charge in [0.25, 0.3) is 5.91 Å². The molecule has 0 radical (unpaired) electrons. The Kier molecular flexibility index (Phi) is 4.93. The topological polar surface area (TPSA) is 95.5 Å². The molecule has 1 aromatic heterocycles. The average molecular weight is 437 g/mol. The number of benzene rings is 1. The number of hydrogen-bond acceptors (Lipinski definition) is 4. The molecule has 0 unspecified atom stereocenters. The molecule has 3 aliphatic rings. The monoisotopic (exact) mass is 436 g/mol. The van der Waals surface area contributed by atoms with Crippen molar-refractivity contribution < 1.29 is 19.5 Å². The number of hydrogen-bond donors (Lipinski definition) is 3. The molecule has 1 saturated carbocycles. The molecule has 4 atom stereocenters. The molecule has 160 valence electrons. The second-order valence-corrected chi connectivity index (χ2v) is 9.81. The molecular weight excluding hydrogens is 412 g/mol. The van der Waals surface area contributed by atoms with Gasteiger partial charge in [-0.1, -0.05) is 29.8 Å². The first-order valence-corrected chi connectivity index (χ1v) is 11.5. The minimum atomic E-state index is -0.928. The fourth-order valence-electron chi connectivity index (χ4n) is 5.27. The van der Waals surface area contributed by atoms with E-state index in [0.29, 0.717) is 22.7 Å². The van der Waals surface area contributed by atoms with Gasteiger partial charge in [0.1, 0.15) is 5.00 Å². The van der Waals surface area contributed by atoms with Gasteiger partial charge in [-0.05, 0) is 62.1 Å². The molecule has 3 aliphatic carbocycles. The average Bonchev–Trinajstić information content (AvgIpc) is 3.49. The highest BCUT2D eigenvalue weighted by atomic mass is 32.1. The van der Waals surface area contributed by atoms with E-state index < -0.39 is 17.8 Å². The van der Waals surface area contributed by atoms with Crippen molar-refractivity contribution in [3.05, 3.63) is 58.0 Å². The summed E-state index contributed by atoms with van der Waals surface area (Å²) in [6, 6.07) is 7.59. The Morgan fingerprint density at radius 2 is 1.71 bits per heavy atom. The lowest BCUT2D eigenvalue weighted by Crippen LogP contribution is -2.36. The summed E-state index contributed by atoms with van der Waals surface area (Å²) in [5.41, 5.74) is 3.34. The number of carboxylic acids is 1. The highest BCUT2D eigenvalue weighted by Gasteiger charge is 2.51. The Hall–Kier alpha value is -2.93. The smallest absolute Gasteiger partial charge is 0.307 e. The minimum Gasteiger partial charge on any atom is -0.481 e. The van der Waals surface area contributed by atoms with Crippen LogP contribution >= 0.6 is 11.3 Å². The maximum atomic E-state index is 13.2. The number of rotatable bonds is 5. The van der Waals surface area contributed by atoms with E-state index in [9.17, 15) is 19.5 Å². The van der Waals surface area contributed by atoms with Gasteiger partial charge >= 0.3 is 5.97 Å². The third-order valence-electron chi connectivity index (χ3n) is 6.74. The quantitative estimate of drug-likeness (QED) is 0.611. The molecule has 6 nitrogen and oxygen atoms in total. The molecule has 2 amide bonds. The molecule has 3 N–H and O–H groups in total. The molecule has 31 heavy (non-hydrogen) atoms. The maximum Gasteiger partial charge on any atom is 0.307 e. The number of carbonyl (C=O) groups is 3. The van der Waals surface area contributed by atoms with Crippen LogP contribution in [0.4, 0.5) is 10.7 Å². The minimum absolute atomic E-state index is 0.0530. The number of allylic oxidation sites excluding steroid dienone is 2. The van der Waals surface area contributed by atoms with Crippen molar-refractivity contribution in [3.63, 3.8) is 0 Å². The van der Waals surface area contributed by atoms with Crippen LogP contribution in [-0.2, 0) is 22.4 Å². The van der Waals surface area contributed by atoms with Crippen LogP contribution in [-0.4, -0.2) is 22.9 Å². The number of nitrogens with one attached hydrogen (secondary N) is 2. The van der Waals surface area contributed by atoms with Crippen LogP contribution < -0.4 is 10.6 Å². The molecule has 1 fully saturated rings. The van der Waals surface area contributed by atoms with E-state index in [-0.39, 0.29) is 23.7 Å². The van der Waals surface area contributed by atoms with Gasteiger partial charge in [0.05, 0.1) is 17.4 Å².